The van der Waals surface area contributed by atoms with Crippen LogP contribution in [0.4, 0.5) is 0 Å². The van der Waals surface area contributed by atoms with Gasteiger partial charge in [-0.25, -0.2) is 0 Å². The lowest BCUT2D eigenvalue weighted by Gasteiger charge is -2.17. The van der Waals surface area contributed by atoms with E-state index >= 15 is 0 Å². The third-order valence-electron chi connectivity index (χ3n) is 3.12. The minimum absolute atomic E-state index is 0.0615. The number of rotatable bonds is 5. The Morgan fingerprint density at radius 2 is 2.00 bits per heavy atom. The van der Waals surface area contributed by atoms with Gasteiger partial charge in [0.25, 0.3) is 0 Å². The van der Waals surface area contributed by atoms with Crippen LogP contribution in [0.2, 0.25) is 0 Å². The summed E-state index contributed by atoms with van der Waals surface area (Å²) in [5.74, 6) is -0.0615. The molecule has 0 aliphatic carbocycles. The first-order chi connectivity index (χ1) is 9.66. The fraction of sp³-hybridized carbons (Fsp3) is 0.250. The predicted octanol–water partition coefficient (Wildman–Crippen LogP) is 2.80. The zero-order chi connectivity index (χ0) is 14.4. The molecular formula is C16H18N2OS. The molecule has 0 saturated heterocycles. The summed E-state index contributed by atoms with van der Waals surface area (Å²) >= 11 is 4.40. The van der Waals surface area contributed by atoms with Gasteiger partial charge >= 0.3 is 0 Å². The maximum absolute atomic E-state index is 12.1. The molecule has 3 nitrogen and oxygen atoms in total. The first kappa shape index (κ1) is 14.6. The third-order valence-corrected chi connectivity index (χ3v) is 3.53. The Bertz CT molecular complexity index is 545. The Hall–Kier alpha value is -1.81. The number of thiol groups is 1. The Morgan fingerprint density at radius 1 is 1.25 bits per heavy atom. The van der Waals surface area contributed by atoms with Crippen LogP contribution in [-0.4, -0.2) is 16.1 Å². The summed E-state index contributed by atoms with van der Waals surface area (Å²) in [6, 6.07) is 13.6. The smallest absolute Gasteiger partial charge is 0.233 e. The molecule has 1 aromatic heterocycles. The number of nitrogens with zero attached hydrogens (tertiary/aromatic N) is 1. The number of amides is 1. The van der Waals surface area contributed by atoms with E-state index in [4.69, 9.17) is 0 Å². The average molecular weight is 286 g/mol. The van der Waals surface area contributed by atoms with Gasteiger partial charge in [-0.2, -0.15) is 12.6 Å². The van der Waals surface area contributed by atoms with E-state index in [2.05, 4.69) is 22.9 Å². The summed E-state index contributed by atoms with van der Waals surface area (Å²) in [5, 5.41) is 2.61. The summed E-state index contributed by atoms with van der Waals surface area (Å²) in [4.78, 5) is 16.2. The summed E-state index contributed by atoms with van der Waals surface area (Å²) in [5.41, 5.74) is 2.10. The van der Waals surface area contributed by atoms with Crippen LogP contribution in [0, 0.1) is 0 Å². The van der Waals surface area contributed by atoms with Gasteiger partial charge in [-0.3, -0.25) is 9.78 Å². The van der Waals surface area contributed by atoms with E-state index in [1.807, 2.05) is 49.4 Å². The number of hydrogen-bond donors (Lipinski definition) is 2. The van der Waals surface area contributed by atoms with Crippen LogP contribution in [-0.2, 0) is 11.2 Å². The molecule has 20 heavy (non-hydrogen) atoms. The van der Waals surface area contributed by atoms with Gasteiger partial charge in [0.15, 0.2) is 0 Å². The number of carbonyl (C=O) groups is 1. The molecule has 2 rings (SSSR count). The molecular weight excluding hydrogens is 268 g/mol. The molecule has 0 spiro atoms. The molecule has 104 valence electrons. The third kappa shape index (κ3) is 4.10. The van der Waals surface area contributed by atoms with Crippen molar-refractivity contribution in [1.29, 1.82) is 0 Å². The van der Waals surface area contributed by atoms with E-state index in [0.29, 0.717) is 6.42 Å². The maximum atomic E-state index is 12.1. The maximum Gasteiger partial charge on any atom is 0.233 e. The molecule has 1 amide bonds. The lowest BCUT2D eigenvalue weighted by molar-refractivity contribution is -0.121. The monoisotopic (exact) mass is 286 g/mol. The lowest BCUT2D eigenvalue weighted by Crippen LogP contribution is -2.34. The van der Waals surface area contributed by atoms with Crippen molar-refractivity contribution in [3.8, 4) is 0 Å². The Kier molecular flexibility index (Phi) is 5.18. The minimum Gasteiger partial charge on any atom is -0.349 e. The molecule has 1 aromatic carbocycles. The number of benzene rings is 1. The second-order valence-electron chi connectivity index (χ2n) is 4.72. The SMILES string of the molecule is CC(NC(=O)C(S)Cc1ccccc1)c1cccnc1. The largest absolute Gasteiger partial charge is 0.349 e. The van der Waals surface area contributed by atoms with Crippen molar-refractivity contribution >= 4 is 18.5 Å². The highest BCUT2D eigenvalue weighted by atomic mass is 32.1. The zero-order valence-electron chi connectivity index (χ0n) is 11.4. The average Bonchev–Trinajstić information content (AvgIpc) is 2.49. The van der Waals surface area contributed by atoms with Gasteiger partial charge in [0.05, 0.1) is 11.3 Å². The van der Waals surface area contributed by atoms with Crippen LogP contribution in [0.15, 0.2) is 54.9 Å². The Morgan fingerprint density at radius 3 is 2.65 bits per heavy atom. The van der Waals surface area contributed by atoms with Crippen molar-refractivity contribution in [3.63, 3.8) is 0 Å². The summed E-state index contributed by atoms with van der Waals surface area (Å²) in [7, 11) is 0. The normalized spacial score (nSPS) is 13.5. The fourth-order valence-electron chi connectivity index (χ4n) is 1.96. The van der Waals surface area contributed by atoms with E-state index in [1.165, 1.54) is 0 Å². The van der Waals surface area contributed by atoms with Gasteiger partial charge in [-0.1, -0.05) is 36.4 Å². The van der Waals surface area contributed by atoms with Crippen LogP contribution >= 0.6 is 12.6 Å². The molecule has 0 radical (unpaired) electrons. The molecule has 4 heteroatoms. The molecule has 1 heterocycles. The van der Waals surface area contributed by atoms with Gasteiger partial charge in [-0.15, -0.1) is 0 Å². The predicted molar refractivity (Wildman–Crippen MR) is 83.7 cm³/mol. The molecule has 0 fully saturated rings. The second kappa shape index (κ2) is 7.10. The number of pyridine rings is 1. The van der Waals surface area contributed by atoms with Crippen molar-refractivity contribution in [2.75, 3.05) is 0 Å². The van der Waals surface area contributed by atoms with Gasteiger partial charge in [0.2, 0.25) is 5.91 Å². The van der Waals surface area contributed by atoms with Crippen molar-refractivity contribution < 1.29 is 4.79 Å². The van der Waals surface area contributed by atoms with E-state index in [-0.39, 0.29) is 17.2 Å². The minimum atomic E-state index is -0.350. The molecule has 0 aliphatic rings. The van der Waals surface area contributed by atoms with E-state index in [1.54, 1.807) is 12.4 Å². The standard InChI is InChI=1S/C16H18N2OS/c1-12(14-8-5-9-17-11-14)18-16(19)15(20)10-13-6-3-2-4-7-13/h2-9,11-12,15,20H,10H2,1H3,(H,18,19). The van der Waals surface area contributed by atoms with E-state index in [9.17, 15) is 4.79 Å². The summed E-state index contributed by atoms with van der Waals surface area (Å²) < 4.78 is 0. The Balaban J connectivity index is 1.91. The highest BCUT2D eigenvalue weighted by Gasteiger charge is 2.17. The second-order valence-corrected chi connectivity index (χ2v) is 5.35. The van der Waals surface area contributed by atoms with E-state index in [0.717, 1.165) is 11.1 Å². The molecule has 1 N–H and O–H groups in total. The molecule has 0 bridgehead atoms. The zero-order valence-corrected chi connectivity index (χ0v) is 12.3. The molecule has 2 aromatic rings. The fourth-order valence-corrected chi connectivity index (χ4v) is 2.24. The highest BCUT2D eigenvalue weighted by Crippen LogP contribution is 2.13. The summed E-state index contributed by atoms with van der Waals surface area (Å²) in [6.07, 6.45) is 4.10. The number of nitrogens with one attached hydrogen (secondary N) is 1. The van der Waals surface area contributed by atoms with Crippen LogP contribution in [0.25, 0.3) is 0 Å². The number of carbonyl (C=O) groups excluding carboxylic acids is 1. The number of aromatic nitrogens is 1. The van der Waals surface area contributed by atoms with Gasteiger partial charge in [0, 0.05) is 12.4 Å². The van der Waals surface area contributed by atoms with E-state index < -0.39 is 0 Å². The van der Waals surface area contributed by atoms with Gasteiger partial charge < -0.3 is 5.32 Å². The first-order valence-electron chi connectivity index (χ1n) is 6.59. The highest BCUT2D eigenvalue weighted by molar-refractivity contribution is 7.81. The lowest BCUT2D eigenvalue weighted by atomic mass is 10.1. The Labute approximate surface area is 124 Å². The topological polar surface area (TPSA) is 42.0 Å². The van der Waals surface area contributed by atoms with Crippen LogP contribution in [0.5, 0.6) is 0 Å². The summed E-state index contributed by atoms with van der Waals surface area (Å²) in [6.45, 7) is 1.94. The van der Waals surface area contributed by atoms with Crippen LogP contribution in [0.3, 0.4) is 0 Å². The first-order valence-corrected chi connectivity index (χ1v) is 7.10. The van der Waals surface area contributed by atoms with Crippen molar-refractivity contribution in [2.24, 2.45) is 0 Å². The van der Waals surface area contributed by atoms with Crippen molar-refractivity contribution in [3.05, 3.63) is 66.0 Å². The number of hydrogen-bond acceptors (Lipinski definition) is 3. The van der Waals surface area contributed by atoms with Crippen molar-refractivity contribution in [2.45, 2.75) is 24.6 Å². The molecule has 0 aliphatic heterocycles. The quantitative estimate of drug-likeness (QED) is 0.830. The van der Waals surface area contributed by atoms with Crippen LogP contribution < -0.4 is 5.32 Å². The van der Waals surface area contributed by atoms with Crippen molar-refractivity contribution in [1.82, 2.24) is 10.3 Å². The molecule has 0 saturated carbocycles. The van der Waals surface area contributed by atoms with Gasteiger partial charge in [-0.05, 0) is 30.5 Å². The van der Waals surface area contributed by atoms with Gasteiger partial charge in [0.1, 0.15) is 0 Å². The van der Waals surface area contributed by atoms with Crippen LogP contribution in [0.1, 0.15) is 24.1 Å². The molecule has 2 unspecified atom stereocenters. The molecule has 2 atom stereocenters.